The molecule has 0 radical (unpaired) electrons. The molecular weight excluding hydrogens is 216 g/mol. The van der Waals surface area contributed by atoms with E-state index in [9.17, 15) is 0 Å². The number of hydrogen-bond acceptors (Lipinski definition) is 4. The molecule has 88 valence electrons. The van der Waals surface area contributed by atoms with Crippen molar-refractivity contribution in [2.24, 2.45) is 5.84 Å². The number of benzene rings is 2. The Kier molecular flexibility index (Phi) is 3.47. The molecule has 0 fully saturated rings. The zero-order valence-electron chi connectivity index (χ0n) is 9.51. The molecule has 0 saturated heterocycles. The monoisotopic (exact) mass is 230 g/mol. The standard InChI is InChI=1S/C13H14N2O2/c1-16-12-4-2-3-5-13(12)17-11-8-6-10(15-14)7-9-11/h2-9,15H,14H2,1H3. The molecule has 0 amide bonds. The smallest absolute Gasteiger partial charge is 0.169 e. The van der Waals surface area contributed by atoms with Gasteiger partial charge < -0.3 is 14.9 Å². The Hall–Kier alpha value is -2.20. The van der Waals surface area contributed by atoms with Crippen molar-refractivity contribution < 1.29 is 9.47 Å². The maximum Gasteiger partial charge on any atom is 0.169 e. The van der Waals surface area contributed by atoms with Gasteiger partial charge in [0.15, 0.2) is 11.5 Å². The number of nitrogens with one attached hydrogen (secondary N) is 1. The van der Waals surface area contributed by atoms with Crippen LogP contribution in [0.1, 0.15) is 0 Å². The van der Waals surface area contributed by atoms with Gasteiger partial charge in [0.2, 0.25) is 0 Å². The average molecular weight is 230 g/mol. The Bertz CT molecular complexity index is 483. The second-order valence-electron chi connectivity index (χ2n) is 3.42. The third-order valence-corrected chi connectivity index (χ3v) is 2.32. The first kappa shape index (κ1) is 11.3. The van der Waals surface area contributed by atoms with Crippen molar-refractivity contribution in [2.75, 3.05) is 12.5 Å². The van der Waals surface area contributed by atoms with Gasteiger partial charge in [0, 0.05) is 5.69 Å². The number of nitrogen functional groups attached to an aromatic ring is 1. The lowest BCUT2D eigenvalue weighted by Gasteiger charge is -2.10. The highest BCUT2D eigenvalue weighted by molar-refractivity contribution is 5.47. The summed E-state index contributed by atoms with van der Waals surface area (Å²) >= 11 is 0. The molecule has 0 saturated carbocycles. The predicted octanol–water partition coefficient (Wildman–Crippen LogP) is 2.77. The van der Waals surface area contributed by atoms with E-state index in [4.69, 9.17) is 15.3 Å². The molecule has 0 aliphatic carbocycles. The van der Waals surface area contributed by atoms with Crippen molar-refractivity contribution in [3.63, 3.8) is 0 Å². The van der Waals surface area contributed by atoms with E-state index in [1.54, 1.807) is 7.11 Å². The van der Waals surface area contributed by atoms with Crippen LogP contribution < -0.4 is 20.7 Å². The van der Waals surface area contributed by atoms with Gasteiger partial charge in [-0.15, -0.1) is 0 Å². The molecule has 0 bridgehead atoms. The van der Waals surface area contributed by atoms with Gasteiger partial charge >= 0.3 is 0 Å². The van der Waals surface area contributed by atoms with E-state index < -0.39 is 0 Å². The fourth-order valence-corrected chi connectivity index (χ4v) is 1.45. The van der Waals surface area contributed by atoms with Crippen LogP contribution in [-0.4, -0.2) is 7.11 Å². The van der Waals surface area contributed by atoms with Crippen LogP contribution in [0.3, 0.4) is 0 Å². The van der Waals surface area contributed by atoms with E-state index in [1.807, 2.05) is 48.5 Å². The highest BCUT2D eigenvalue weighted by Crippen LogP contribution is 2.31. The first-order valence-electron chi connectivity index (χ1n) is 5.21. The number of nitrogens with two attached hydrogens (primary N) is 1. The maximum atomic E-state index is 5.71. The quantitative estimate of drug-likeness (QED) is 0.626. The summed E-state index contributed by atoms with van der Waals surface area (Å²) < 4.78 is 10.9. The summed E-state index contributed by atoms with van der Waals surface area (Å²) in [6, 6.07) is 14.8. The first-order valence-corrected chi connectivity index (χ1v) is 5.21. The van der Waals surface area contributed by atoms with Crippen LogP contribution in [0.2, 0.25) is 0 Å². The number of anilines is 1. The van der Waals surface area contributed by atoms with E-state index in [1.165, 1.54) is 0 Å². The molecule has 3 N–H and O–H groups in total. The Morgan fingerprint density at radius 1 is 0.941 bits per heavy atom. The third-order valence-electron chi connectivity index (χ3n) is 2.32. The molecule has 4 heteroatoms. The van der Waals surface area contributed by atoms with Crippen LogP contribution >= 0.6 is 0 Å². The zero-order valence-corrected chi connectivity index (χ0v) is 9.51. The molecule has 0 atom stereocenters. The van der Waals surface area contributed by atoms with E-state index in [-0.39, 0.29) is 0 Å². The number of hydrazine groups is 1. The van der Waals surface area contributed by atoms with Gasteiger partial charge in [-0.1, -0.05) is 12.1 Å². The highest BCUT2D eigenvalue weighted by atomic mass is 16.5. The van der Waals surface area contributed by atoms with Crippen molar-refractivity contribution >= 4 is 5.69 Å². The minimum atomic E-state index is 0.684. The molecule has 0 heterocycles. The minimum absolute atomic E-state index is 0.684. The Morgan fingerprint density at radius 3 is 2.18 bits per heavy atom. The van der Waals surface area contributed by atoms with E-state index in [0.717, 1.165) is 11.4 Å². The molecule has 0 aliphatic rings. The summed E-state index contributed by atoms with van der Waals surface area (Å²) in [6.07, 6.45) is 0. The lowest BCUT2D eigenvalue weighted by molar-refractivity contribution is 0.379. The molecule has 0 unspecified atom stereocenters. The molecule has 17 heavy (non-hydrogen) atoms. The van der Waals surface area contributed by atoms with Crippen LogP contribution in [-0.2, 0) is 0 Å². The van der Waals surface area contributed by atoms with Crippen molar-refractivity contribution in [3.05, 3.63) is 48.5 Å². The van der Waals surface area contributed by atoms with Gasteiger partial charge in [-0.25, -0.2) is 0 Å². The number of methoxy groups -OCH3 is 1. The Labute approximate surface area is 99.9 Å². The summed E-state index contributed by atoms with van der Waals surface area (Å²) in [5.74, 6) is 7.40. The van der Waals surface area contributed by atoms with Gasteiger partial charge in [-0.3, -0.25) is 5.84 Å². The van der Waals surface area contributed by atoms with Crippen LogP contribution in [0, 0.1) is 0 Å². The third kappa shape index (κ3) is 2.68. The number of ether oxygens (including phenoxy) is 2. The number of rotatable bonds is 4. The molecule has 2 aromatic rings. The molecule has 4 nitrogen and oxygen atoms in total. The number of hydrogen-bond donors (Lipinski definition) is 2. The lowest BCUT2D eigenvalue weighted by atomic mass is 10.3. The average Bonchev–Trinajstić information content (AvgIpc) is 2.40. The second-order valence-corrected chi connectivity index (χ2v) is 3.42. The molecule has 0 aliphatic heterocycles. The maximum absolute atomic E-state index is 5.71. The number of para-hydroxylation sites is 2. The van der Waals surface area contributed by atoms with Crippen LogP contribution in [0.25, 0.3) is 0 Å². The molecular formula is C13H14N2O2. The van der Waals surface area contributed by atoms with Crippen molar-refractivity contribution in [3.8, 4) is 17.2 Å². The Balaban J connectivity index is 2.19. The summed E-state index contributed by atoms with van der Waals surface area (Å²) in [5.41, 5.74) is 3.39. The summed E-state index contributed by atoms with van der Waals surface area (Å²) in [7, 11) is 1.61. The fraction of sp³-hybridized carbons (Fsp3) is 0.0769. The van der Waals surface area contributed by atoms with Gasteiger partial charge in [0.1, 0.15) is 5.75 Å². The second kappa shape index (κ2) is 5.23. The largest absolute Gasteiger partial charge is 0.493 e. The Morgan fingerprint density at radius 2 is 1.59 bits per heavy atom. The molecule has 0 aromatic heterocycles. The topological polar surface area (TPSA) is 56.5 Å². The van der Waals surface area contributed by atoms with Crippen molar-refractivity contribution in [1.29, 1.82) is 0 Å². The predicted molar refractivity (Wildman–Crippen MR) is 67.3 cm³/mol. The molecule has 0 spiro atoms. The fourth-order valence-electron chi connectivity index (χ4n) is 1.45. The zero-order chi connectivity index (χ0) is 12.1. The highest BCUT2D eigenvalue weighted by Gasteiger charge is 2.03. The van der Waals surface area contributed by atoms with Gasteiger partial charge in [0.25, 0.3) is 0 Å². The van der Waals surface area contributed by atoms with E-state index in [0.29, 0.717) is 11.5 Å². The van der Waals surface area contributed by atoms with Crippen LogP contribution in [0.4, 0.5) is 5.69 Å². The minimum Gasteiger partial charge on any atom is -0.493 e. The van der Waals surface area contributed by atoms with E-state index >= 15 is 0 Å². The van der Waals surface area contributed by atoms with E-state index in [2.05, 4.69) is 5.43 Å². The van der Waals surface area contributed by atoms with Gasteiger partial charge in [-0.05, 0) is 36.4 Å². The summed E-state index contributed by atoms with van der Waals surface area (Å²) in [6.45, 7) is 0. The van der Waals surface area contributed by atoms with Crippen LogP contribution in [0.5, 0.6) is 17.2 Å². The lowest BCUT2D eigenvalue weighted by Crippen LogP contribution is -2.05. The molecule has 2 aromatic carbocycles. The molecule has 2 rings (SSSR count). The SMILES string of the molecule is COc1ccccc1Oc1ccc(NN)cc1. The van der Waals surface area contributed by atoms with Crippen molar-refractivity contribution in [2.45, 2.75) is 0 Å². The van der Waals surface area contributed by atoms with Crippen LogP contribution in [0.15, 0.2) is 48.5 Å². The van der Waals surface area contributed by atoms with Gasteiger partial charge in [-0.2, -0.15) is 0 Å². The summed E-state index contributed by atoms with van der Waals surface area (Å²) in [5, 5.41) is 0. The normalized spacial score (nSPS) is 9.76. The van der Waals surface area contributed by atoms with Crippen molar-refractivity contribution in [1.82, 2.24) is 0 Å². The summed E-state index contributed by atoms with van der Waals surface area (Å²) in [4.78, 5) is 0. The first-order chi connectivity index (χ1) is 8.33. The van der Waals surface area contributed by atoms with Gasteiger partial charge in [0.05, 0.1) is 7.11 Å².